The number of aromatic nitrogens is 1. The molecule has 0 spiro atoms. The monoisotopic (exact) mass is 367 g/mol. The number of esters is 1. The Morgan fingerprint density at radius 2 is 1.96 bits per heavy atom. The maximum absolute atomic E-state index is 13.7. The molecule has 3 rings (SSSR count). The maximum Gasteiger partial charge on any atom is 0.331 e. The van der Waals surface area contributed by atoms with Crippen LogP contribution in [0.15, 0.2) is 54.7 Å². The lowest BCUT2D eigenvalue weighted by atomic mass is 10.1. The molecular formula is C21H18FNO4. The first-order valence-electron chi connectivity index (χ1n) is 8.32. The van der Waals surface area contributed by atoms with E-state index in [-0.39, 0.29) is 11.5 Å². The fourth-order valence-electron chi connectivity index (χ4n) is 2.71. The third-order valence-corrected chi connectivity index (χ3v) is 4.10. The van der Waals surface area contributed by atoms with Gasteiger partial charge in [0, 0.05) is 28.7 Å². The van der Waals surface area contributed by atoms with Gasteiger partial charge in [-0.05, 0) is 36.8 Å². The summed E-state index contributed by atoms with van der Waals surface area (Å²) in [5.74, 6) is -1.40. The molecular weight excluding hydrogens is 349 g/mol. The van der Waals surface area contributed by atoms with Crippen molar-refractivity contribution in [1.82, 2.24) is 4.98 Å². The highest BCUT2D eigenvalue weighted by atomic mass is 19.1. The number of fused-ring (bicyclic) bond motifs is 1. The highest BCUT2D eigenvalue weighted by Gasteiger charge is 2.21. The molecule has 138 valence electrons. The SMILES string of the molecule is COc1ccc(/C=C/C(=O)O[C@@H](C)C(=O)c2c[nH]c3ccccc23)cc1F. The molecule has 6 heteroatoms. The summed E-state index contributed by atoms with van der Waals surface area (Å²) in [6.07, 6.45) is 3.22. The van der Waals surface area contributed by atoms with Gasteiger partial charge in [-0.2, -0.15) is 0 Å². The summed E-state index contributed by atoms with van der Waals surface area (Å²) in [6, 6.07) is 11.7. The Hall–Kier alpha value is -3.41. The topological polar surface area (TPSA) is 68.4 Å². The van der Waals surface area contributed by atoms with Gasteiger partial charge in [0.05, 0.1) is 7.11 Å². The van der Waals surface area contributed by atoms with Crippen LogP contribution in [0.1, 0.15) is 22.8 Å². The van der Waals surface area contributed by atoms with Crippen LogP contribution in [0.4, 0.5) is 4.39 Å². The molecule has 0 radical (unpaired) electrons. The number of aromatic amines is 1. The number of hydrogen-bond donors (Lipinski definition) is 1. The lowest BCUT2D eigenvalue weighted by molar-refractivity contribution is -0.140. The number of ketones is 1. The number of halogens is 1. The van der Waals surface area contributed by atoms with Gasteiger partial charge in [0.15, 0.2) is 17.7 Å². The minimum Gasteiger partial charge on any atom is -0.494 e. The standard InChI is InChI=1S/C21H18FNO4/c1-13(21(25)16-12-23-18-6-4-3-5-15(16)18)27-20(24)10-8-14-7-9-19(26-2)17(22)11-14/h3-13,23H,1-2H3/b10-8+/t13-/m0/s1. The highest BCUT2D eigenvalue weighted by Crippen LogP contribution is 2.20. The fourth-order valence-corrected chi connectivity index (χ4v) is 2.71. The number of rotatable bonds is 6. The Kier molecular flexibility index (Phi) is 5.35. The predicted octanol–water partition coefficient (Wildman–Crippen LogP) is 4.14. The second-order valence-electron chi connectivity index (χ2n) is 5.92. The van der Waals surface area contributed by atoms with E-state index >= 15 is 0 Å². The molecule has 1 heterocycles. The number of H-pyrrole nitrogens is 1. The van der Waals surface area contributed by atoms with Crippen LogP contribution in [0.5, 0.6) is 5.75 Å². The Morgan fingerprint density at radius 3 is 2.70 bits per heavy atom. The third kappa shape index (κ3) is 4.06. The minimum absolute atomic E-state index is 0.118. The van der Waals surface area contributed by atoms with Crippen molar-refractivity contribution in [1.29, 1.82) is 0 Å². The van der Waals surface area contributed by atoms with E-state index in [0.29, 0.717) is 11.1 Å². The summed E-state index contributed by atoms with van der Waals surface area (Å²) in [7, 11) is 1.37. The molecule has 27 heavy (non-hydrogen) atoms. The molecule has 0 unspecified atom stereocenters. The number of carbonyl (C=O) groups is 2. The van der Waals surface area contributed by atoms with Crippen molar-refractivity contribution in [3.8, 4) is 5.75 Å². The zero-order valence-corrected chi connectivity index (χ0v) is 14.9. The van der Waals surface area contributed by atoms with Gasteiger partial charge in [-0.25, -0.2) is 9.18 Å². The molecule has 5 nitrogen and oxygen atoms in total. The molecule has 0 aliphatic rings. The summed E-state index contributed by atoms with van der Waals surface area (Å²) in [4.78, 5) is 27.6. The molecule has 1 aromatic heterocycles. The maximum atomic E-state index is 13.7. The van der Waals surface area contributed by atoms with Gasteiger partial charge in [-0.1, -0.05) is 24.3 Å². The average molecular weight is 367 g/mol. The molecule has 1 atom stereocenters. The quantitative estimate of drug-likeness (QED) is 0.404. The molecule has 0 saturated heterocycles. The lowest BCUT2D eigenvalue weighted by Gasteiger charge is -2.10. The molecule has 2 aromatic carbocycles. The van der Waals surface area contributed by atoms with Gasteiger partial charge in [-0.3, -0.25) is 4.79 Å². The summed E-state index contributed by atoms with van der Waals surface area (Å²) >= 11 is 0. The van der Waals surface area contributed by atoms with Crippen LogP contribution in [-0.4, -0.2) is 30.0 Å². The zero-order valence-electron chi connectivity index (χ0n) is 14.9. The van der Waals surface area contributed by atoms with Crippen LogP contribution < -0.4 is 4.74 Å². The van der Waals surface area contributed by atoms with Gasteiger partial charge in [0.25, 0.3) is 0 Å². The Labute approximate surface area is 155 Å². The molecule has 0 amide bonds. The average Bonchev–Trinajstić information content (AvgIpc) is 3.10. The lowest BCUT2D eigenvalue weighted by Crippen LogP contribution is -2.23. The van der Waals surface area contributed by atoms with Gasteiger partial charge < -0.3 is 14.5 Å². The van der Waals surface area contributed by atoms with Crippen molar-refractivity contribution in [3.05, 3.63) is 71.7 Å². The number of methoxy groups -OCH3 is 1. The van der Waals surface area contributed by atoms with Gasteiger partial charge in [0.2, 0.25) is 5.78 Å². The first kappa shape index (κ1) is 18.4. The molecule has 0 saturated carbocycles. The fraction of sp³-hybridized carbons (Fsp3) is 0.143. The smallest absolute Gasteiger partial charge is 0.331 e. The van der Waals surface area contributed by atoms with E-state index in [1.54, 1.807) is 12.3 Å². The van der Waals surface area contributed by atoms with E-state index in [2.05, 4.69) is 4.98 Å². The van der Waals surface area contributed by atoms with Crippen molar-refractivity contribution in [2.24, 2.45) is 0 Å². The molecule has 0 aliphatic carbocycles. The van der Waals surface area contributed by atoms with Crippen molar-refractivity contribution < 1.29 is 23.5 Å². The normalized spacial score (nSPS) is 12.3. The highest BCUT2D eigenvalue weighted by molar-refractivity contribution is 6.10. The number of ether oxygens (including phenoxy) is 2. The summed E-state index contributed by atoms with van der Waals surface area (Å²) in [5.41, 5.74) is 1.77. The predicted molar refractivity (Wildman–Crippen MR) is 100 cm³/mol. The zero-order chi connectivity index (χ0) is 19.4. The number of Topliss-reactive ketones (excluding diaryl/α,β-unsaturated/α-hetero) is 1. The van der Waals surface area contributed by atoms with Crippen molar-refractivity contribution >= 4 is 28.7 Å². The second-order valence-corrected chi connectivity index (χ2v) is 5.92. The number of hydrogen-bond acceptors (Lipinski definition) is 4. The van der Waals surface area contributed by atoms with Crippen molar-refractivity contribution in [2.45, 2.75) is 13.0 Å². The van der Waals surface area contributed by atoms with Gasteiger partial charge >= 0.3 is 5.97 Å². The first-order chi connectivity index (χ1) is 13.0. The second kappa shape index (κ2) is 7.86. The van der Waals surface area contributed by atoms with Gasteiger partial charge in [0.1, 0.15) is 0 Å². The Bertz CT molecular complexity index is 1020. The first-order valence-corrected chi connectivity index (χ1v) is 8.32. The van der Waals surface area contributed by atoms with Crippen LogP contribution in [0.3, 0.4) is 0 Å². The van der Waals surface area contributed by atoms with E-state index in [1.165, 1.54) is 32.2 Å². The van der Waals surface area contributed by atoms with E-state index in [4.69, 9.17) is 9.47 Å². The largest absolute Gasteiger partial charge is 0.494 e. The van der Waals surface area contributed by atoms with Crippen molar-refractivity contribution in [2.75, 3.05) is 7.11 Å². The van der Waals surface area contributed by atoms with E-state index < -0.39 is 17.9 Å². The van der Waals surface area contributed by atoms with Crippen LogP contribution in [-0.2, 0) is 9.53 Å². The summed E-state index contributed by atoms with van der Waals surface area (Å²) in [5, 5.41) is 0.773. The van der Waals surface area contributed by atoms with Crippen LogP contribution in [0, 0.1) is 5.82 Å². The van der Waals surface area contributed by atoms with E-state index in [9.17, 15) is 14.0 Å². The number of nitrogens with one attached hydrogen (secondary N) is 1. The Morgan fingerprint density at radius 1 is 1.19 bits per heavy atom. The van der Waals surface area contributed by atoms with Crippen LogP contribution >= 0.6 is 0 Å². The van der Waals surface area contributed by atoms with Crippen LogP contribution in [0.2, 0.25) is 0 Å². The van der Waals surface area contributed by atoms with E-state index in [1.807, 2.05) is 24.3 Å². The number of benzene rings is 2. The van der Waals surface area contributed by atoms with Gasteiger partial charge in [-0.15, -0.1) is 0 Å². The van der Waals surface area contributed by atoms with E-state index in [0.717, 1.165) is 17.0 Å². The number of carbonyl (C=O) groups excluding carboxylic acids is 2. The Balaban J connectivity index is 1.66. The van der Waals surface area contributed by atoms with Crippen LogP contribution in [0.25, 0.3) is 17.0 Å². The molecule has 3 aromatic rings. The van der Waals surface area contributed by atoms with Crippen molar-refractivity contribution in [3.63, 3.8) is 0 Å². The molecule has 0 aliphatic heterocycles. The molecule has 0 bridgehead atoms. The summed E-state index contributed by atoms with van der Waals surface area (Å²) in [6.45, 7) is 1.52. The number of para-hydroxylation sites is 1. The summed E-state index contributed by atoms with van der Waals surface area (Å²) < 4.78 is 23.7. The third-order valence-electron chi connectivity index (χ3n) is 4.10. The minimum atomic E-state index is -0.950. The molecule has 1 N–H and O–H groups in total. The molecule has 0 fully saturated rings.